The van der Waals surface area contributed by atoms with Crippen molar-refractivity contribution in [3.8, 4) is 0 Å². The molecule has 3 rings (SSSR count). The van der Waals surface area contributed by atoms with Crippen LogP contribution in [0.1, 0.15) is 64.3 Å². The van der Waals surface area contributed by atoms with Gasteiger partial charge >= 0.3 is 0 Å². The molecule has 1 aromatic carbocycles. The third-order valence-corrected chi connectivity index (χ3v) is 6.10. The second-order valence-electron chi connectivity index (χ2n) is 7.22. The van der Waals surface area contributed by atoms with E-state index in [4.69, 9.17) is 4.98 Å². The zero-order chi connectivity index (χ0) is 19.1. The highest BCUT2D eigenvalue weighted by Crippen LogP contribution is 2.32. The molecule has 0 atom stereocenters. The van der Waals surface area contributed by atoms with E-state index in [1.54, 1.807) is 0 Å². The SMILES string of the molecule is CCCCCCNC(=O)CSc1nc2ccccc2c(=O)n1C1CCCC1. The van der Waals surface area contributed by atoms with Crippen molar-refractivity contribution in [2.45, 2.75) is 69.5 Å². The van der Waals surface area contributed by atoms with Crippen LogP contribution in [0.5, 0.6) is 0 Å². The van der Waals surface area contributed by atoms with E-state index in [1.165, 1.54) is 24.6 Å². The number of amides is 1. The van der Waals surface area contributed by atoms with Crippen molar-refractivity contribution in [2.24, 2.45) is 0 Å². The Morgan fingerprint density at radius 2 is 2.00 bits per heavy atom. The van der Waals surface area contributed by atoms with Crippen LogP contribution in [0.2, 0.25) is 0 Å². The van der Waals surface area contributed by atoms with Crippen molar-refractivity contribution in [1.29, 1.82) is 0 Å². The molecule has 0 saturated heterocycles. The van der Waals surface area contributed by atoms with Crippen LogP contribution in [0, 0.1) is 0 Å². The molecule has 5 nitrogen and oxygen atoms in total. The summed E-state index contributed by atoms with van der Waals surface area (Å²) in [5.74, 6) is 0.308. The first-order valence-corrected chi connectivity index (χ1v) is 11.1. The number of benzene rings is 1. The molecule has 1 amide bonds. The minimum Gasteiger partial charge on any atom is -0.355 e. The molecule has 0 unspecified atom stereocenters. The van der Waals surface area contributed by atoms with E-state index in [0.717, 1.165) is 45.1 Å². The van der Waals surface area contributed by atoms with Gasteiger partial charge in [0.05, 0.1) is 16.7 Å². The van der Waals surface area contributed by atoms with E-state index in [9.17, 15) is 9.59 Å². The molecule has 6 heteroatoms. The lowest BCUT2D eigenvalue weighted by atomic mass is 10.2. The smallest absolute Gasteiger partial charge is 0.262 e. The summed E-state index contributed by atoms with van der Waals surface area (Å²) in [5.41, 5.74) is 0.731. The summed E-state index contributed by atoms with van der Waals surface area (Å²) in [4.78, 5) is 30.0. The van der Waals surface area contributed by atoms with Gasteiger partial charge in [-0.3, -0.25) is 14.2 Å². The lowest BCUT2D eigenvalue weighted by Gasteiger charge is -2.18. The van der Waals surface area contributed by atoms with E-state index in [-0.39, 0.29) is 17.5 Å². The normalized spacial score (nSPS) is 14.7. The van der Waals surface area contributed by atoms with Crippen molar-refractivity contribution in [3.63, 3.8) is 0 Å². The fourth-order valence-corrected chi connectivity index (χ4v) is 4.57. The number of nitrogens with one attached hydrogen (secondary N) is 1. The molecule has 2 aromatic rings. The van der Waals surface area contributed by atoms with Crippen molar-refractivity contribution in [1.82, 2.24) is 14.9 Å². The first-order valence-electron chi connectivity index (χ1n) is 10.1. The molecule has 0 radical (unpaired) electrons. The molecular formula is C21H29N3O2S. The van der Waals surface area contributed by atoms with E-state index in [0.29, 0.717) is 21.8 Å². The standard InChI is InChI=1S/C21H29N3O2S/c1-2-3-4-9-14-22-19(25)15-27-21-23-18-13-8-7-12-17(18)20(26)24(21)16-10-5-6-11-16/h7-8,12-13,16H,2-6,9-11,14-15H2,1H3,(H,22,25). The lowest BCUT2D eigenvalue weighted by molar-refractivity contribution is -0.118. The number of hydrogen-bond donors (Lipinski definition) is 1. The molecule has 1 saturated carbocycles. The van der Waals surface area contributed by atoms with Gasteiger partial charge in [-0.15, -0.1) is 0 Å². The van der Waals surface area contributed by atoms with E-state index < -0.39 is 0 Å². The summed E-state index contributed by atoms with van der Waals surface area (Å²) >= 11 is 1.38. The first kappa shape index (κ1) is 19.9. The summed E-state index contributed by atoms with van der Waals surface area (Å²) in [6, 6.07) is 7.69. The Kier molecular flexibility index (Phi) is 7.33. The van der Waals surface area contributed by atoms with Crippen LogP contribution in [0.15, 0.2) is 34.2 Å². The number of unbranched alkanes of at least 4 members (excludes halogenated alkanes) is 3. The third-order valence-electron chi connectivity index (χ3n) is 5.15. The summed E-state index contributed by atoms with van der Waals surface area (Å²) < 4.78 is 1.84. The fourth-order valence-electron chi connectivity index (χ4n) is 3.67. The number of para-hydroxylation sites is 1. The van der Waals surface area contributed by atoms with Gasteiger partial charge in [0.1, 0.15) is 0 Å². The average molecular weight is 388 g/mol. The maximum Gasteiger partial charge on any atom is 0.262 e. The van der Waals surface area contributed by atoms with Crippen molar-refractivity contribution >= 4 is 28.6 Å². The molecule has 1 N–H and O–H groups in total. The van der Waals surface area contributed by atoms with Crippen LogP contribution in [-0.4, -0.2) is 27.8 Å². The van der Waals surface area contributed by atoms with E-state index in [1.807, 2.05) is 28.8 Å². The van der Waals surface area contributed by atoms with Crippen molar-refractivity contribution in [3.05, 3.63) is 34.6 Å². The Hall–Kier alpha value is -1.82. The molecule has 27 heavy (non-hydrogen) atoms. The second-order valence-corrected chi connectivity index (χ2v) is 8.17. The molecule has 0 aliphatic heterocycles. The van der Waals surface area contributed by atoms with Crippen LogP contribution in [0.4, 0.5) is 0 Å². The van der Waals surface area contributed by atoms with Gasteiger partial charge in [-0.2, -0.15) is 0 Å². The number of aromatic nitrogens is 2. The highest BCUT2D eigenvalue weighted by Gasteiger charge is 2.23. The molecule has 1 aromatic heterocycles. The van der Waals surface area contributed by atoms with Crippen LogP contribution in [0.3, 0.4) is 0 Å². The van der Waals surface area contributed by atoms with Crippen LogP contribution < -0.4 is 10.9 Å². The second kappa shape index (κ2) is 9.93. The first-order chi connectivity index (χ1) is 13.2. The average Bonchev–Trinajstić information content (AvgIpc) is 3.20. The molecule has 1 aliphatic carbocycles. The van der Waals surface area contributed by atoms with Crippen LogP contribution >= 0.6 is 11.8 Å². The third kappa shape index (κ3) is 5.12. The molecule has 1 heterocycles. The Bertz CT molecular complexity index is 828. The number of fused-ring (bicyclic) bond motifs is 1. The predicted octanol–water partition coefficient (Wildman–Crippen LogP) is 4.30. The van der Waals surface area contributed by atoms with Gasteiger partial charge in [-0.25, -0.2) is 4.98 Å². The van der Waals surface area contributed by atoms with Gasteiger partial charge in [0.15, 0.2) is 5.16 Å². The fraction of sp³-hybridized carbons (Fsp3) is 0.571. The maximum atomic E-state index is 13.1. The predicted molar refractivity (Wildman–Crippen MR) is 111 cm³/mol. The Morgan fingerprint density at radius 1 is 1.22 bits per heavy atom. The van der Waals surface area contributed by atoms with Gasteiger partial charge < -0.3 is 5.32 Å². The minimum atomic E-state index is 0.0110. The topological polar surface area (TPSA) is 64.0 Å². The Balaban J connectivity index is 1.72. The largest absolute Gasteiger partial charge is 0.355 e. The minimum absolute atomic E-state index is 0.0110. The molecule has 1 aliphatic rings. The number of nitrogens with zero attached hydrogens (tertiary/aromatic N) is 2. The summed E-state index contributed by atoms with van der Waals surface area (Å²) in [6.45, 7) is 2.90. The summed E-state index contributed by atoms with van der Waals surface area (Å²) in [6.07, 6.45) is 8.88. The highest BCUT2D eigenvalue weighted by atomic mass is 32.2. The van der Waals surface area contributed by atoms with E-state index >= 15 is 0 Å². The molecular weight excluding hydrogens is 358 g/mol. The maximum absolute atomic E-state index is 13.1. The zero-order valence-electron chi connectivity index (χ0n) is 16.1. The van der Waals surface area contributed by atoms with Gasteiger partial charge in [0.2, 0.25) is 5.91 Å². The van der Waals surface area contributed by atoms with Crippen LogP contribution in [0.25, 0.3) is 10.9 Å². The monoisotopic (exact) mass is 387 g/mol. The summed E-state index contributed by atoms with van der Waals surface area (Å²) in [5, 5.41) is 4.31. The number of rotatable bonds is 9. The summed E-state index contributed by atoms with van der Waals surface area (Å²) in [7, 11) is 0. The zero-order valence-corrected chi connectivity index (χ0v) is 16.9. The molecule has 0 bridgehead atoms. The molecule has 0 spiro atoms. The number of hydrogen-bond acceptors (Lipinski definition) is 4. The van der Waals surface area contributed by atoms with Gasteiger partial charge in [0, 0.05) is 12.6 Å². The lowest BCUT2D eigenvalue weighted by Crippen LogP contribution is -2.29. The highest BCUT2D eigenvalue weighted by molar-refractivity contribution is 7.99. The quantitative estimate of drug-likeness (QED) is 0.396. The molecule has 146 valence electrons. The Morgan fingerprint density at radius 3 is 2.78 bits per heavy atom. The van der Waals surface area contributed by atoms with Gasteiger partial charge in [-0.05, 0) is 31.4 Å². The number of thioether (sulfide) groups is 1. The number of carbonyl (C=O) groups is 1. The van der Waals surface area contributed by atoms with Gasteiger partial charge in [-0.1, -0.05) is 62.9 Å². The van der Waals surface area contributed by atoms with Crippen molar-refractivity contribution < 1.29 is 4.79 Å². The number of carbonyl (C=O) groups excluding carboxylic acids is 1. The van der Waals surface area contributed by atoms with Crippen LogP contribution in [-0.2, 0) is 4.79 Å². The van der Waals surface area contributed by atoms with Crippen molar-refractivity contribution in [2.75, 3.05) is 12.3 Å². The van der Waals surface area contributed by atoms with E-state index in [2.05, 4.69) is 12.2 Å². The Labute approximate surface area is 164 Å². The van der Waals surface area contributed by atoms with Gasteiger partial charge in [0.25, 0.3) is 5.56 Å². The molecule has 1 fully saturated rings.